The van der Waals surface area contributed by atoms with Gasteiger partial charge in [-0.15, -0.1) is 0 Å². The maximum absolute atomic E-state index is 12.9. The van der Waals surface area contributed by atoms with Gasteiger partial charge in [0.1, 0.15) is 25.4 Å². The molecular formula is C18H26N2O5. The fourth-order valence-corrected chi connectivity index (χ4v) is 3.23. The molecule has 1 amide bonds. The van der Waals surface area contributed by atoms with Crippen molar-refractivity contribution < 1.29 is 24.5 Å². The van der Waals surface area contributed by atoms with Crippen LogP contribution in [0.5, 0.6) is 11.5 Å². The number of hydrogen-bond acceptors (Lipinski definition) is 6. The molecule has 7 heteroatoms. The third-order valence-corrected chi connectivity index (χ3v) is 4.65. The standard InChI is InChI=1S/C18H26N2O5/c1-12(11-21)19-16(18(23)20-6-2-3-7-20)17(22)13-4-5-14-15(10-13)25-9-8-24-14/h4-5,10,12,16-17,19,21-22H,2-3,6-9,11H2,1H3/t12?,16-,17+/m0/s1. The summed E-state index contributed by atoms with van der Waals surface area (Å²) in [6.07, 6.45) is 0.917. The molecule has 0 saturated carbocycles. The SMILES string of the molecule is CC(CO)N[C@H](C(=O)N1CCCC1)[C@H](O)c1ccc2c(c1)OCCO2. The van der Waals surface area contributed by atoms with Crippen LogP contribution < -0.4 is 14.8 Å². The van der Waals surface area contributed by atoms with E-state index in [1.807, 2.05) is 0 Å². The Bertz CT molecular complexity index is 603. The number of rotatable bonds is 6. The predicted octanol–water partition coefficient (Wildman–Crippen LogP) is 0.453. The van der Waals surface area contributed by atoms with Crippen molar-refractivity contribution in [2.75, 3.05) is 32.9 Å². The maximum atomic E-state index is 12.9. The van der Waals surface area contributed by atoms with Crippen molar-refractivity contribution in [1.82, 2.24) is 10.2 Å². The summed E-state index contributed by atoms with van der Waals surface area (Å²) in [6, 6.07) is 4.09. The summed E-state index contributed by atoms with van der Waals surface area (Å²) in [4.78, 5) is 14.6. The van der Waals surface area contributed by atoms with Crippen LogP contribution in [0.1, 0.15) is 31.4 Å². The van der Waals surface area contributed by atoms with E-state index in [-0.39, 0.29) is 18.6 Å². The first-order chi connectivity index (χ1) is 12.1. The van der Waals surface area contributed by atoms with Gasteiger partial charge in [-0.25, -0.2) is 0 Å². The fourth-order valence-electron chi connectivity index (χ4n) is 3.23. The Morgan fingerprint density at radius 3 is 2.60 bits per heavy atom. The van der Waals surface area contributed by atoms with E-state index in [2.05, 4.69) is 5.32 Å². The Labute approximate surface area is 147 Å². The molecule has 1 aromatic rings. The Morgan fingerprint density at radius 2 is 1.92 bits per heavy atom. The van der Waals surface area contributed by atoms with Crippen molar-refractivity contribution >= 4 is 5.91 Å². The van der Waals surface area contributed by atoms with Gasteiger partial charge in [-0.3, -0.25) is 10.1 Å². The zero-order valence-corrected chi connectivity index (χ0v) is 14.5. The Balaban J connectivity index is 1.82. The molecule has 3 atom stereocenters. The summed E-state index contributed by atoms with van der Waals surface area (Å²) >= 11 is 0. The summed E-state index contributed by atoms with van der Waals surface area (Å²) < 4.78 is 11.1. The summed E-state index contributed by atoms with van der Waals surface area (Å²) in [6.45, 7) is 4.04. The van der Waals surface area contributed by atoms with Gasteiger partial charge in [-0.05, 0) is 37.5 Å². The zero-order valence-electron chi connectivity index (χ0n) is 14.5. The van der Waals surface area contributed by atoms with E-state index in [0.29, 0.717) is 43.4 Å². The van der Waals surface area contributed by atoms with Gasteiger partial charge in [0.05, 0.1) is 6.61 Å². The molecule has 138 valence electrons. The van der Waals surface area contributed by atoms with E-state index in [0.717, 1.165) is 12.8 Å². The van der Waals surface area contributed by atoms with Crippen LogP contribution in [0, 0.1) is 0 Å². The summed E-state index contributed by atoms with van der Waals surface area (Å²) in [7, 11) is 0. The number of nitrogens with zero attached hydrogens (tertiary/aromatic N) is 1. The minimum Gasteiger partial charge on any atom is -0.486 e. The number of likely N-dealkylation sites (tertiary alicyclic amines) is 1. The third-order valence-electron chi connectivity index (χ3n) is 4.65. The van der Waals surface area contributed by atoms with Gasteiger partial charge < -0.3 is 24.6 Å². The number of aliphatic hydroxyl groups is 2. The third kappa shape index (κ3) is 4.05. The lowest BCUT2D eigenvalue weighted by molar-refractivity contribution is -0.135. The zero-order chi connectivity index (χ0) is 17.8. The molecule has 0 aromatic heterocycles. The van der Waals surface area contributed by atoms with Crippen LogP contribution in [0.4, 0.5) is 0 Å². The number of aliphatic hydroxyl groups excluding tert-OH is 2. The minimum absolute atomic E-state index is 0.113. The van der Waals surface area contributed by atoms with Gasteiger partial charge in [0.25, 0.3) is 0 Å². The molecular weight excluding hydrogens is 324 g/mol. The predicted molar refractivity (Wildman–Crippen MR) is 91.7 cm³/mol. The average molecular weight is 350 g/mol. The molecule has 1 fully saturated rings. The van der Waals surface area contributed by atoms with Crippen molar-refractivity contribution in [3.05, 3.63) is 23.8 Å². The van der Waals surface area contributed by atoms with Crippen molar-refractivity contribution in [2.45, 2.75) is 38.0 Å². The minimum atomic E-state index is -1.04. The normalized spacial score (nSPS) is 20.2. The molecule has 1 aromatic carbocycles. The first-order valence-corrected chi connectivity index (χ1v) is 8.83. The summed E-state index contributed by atoms with van der Waals surface area (Å²) in [5.41, 5.74) is 0.583. The summed E-state index contributed by atoms with van der Waals surface area (Å²) in [5, 5.41) is 23.3. The second kappa shape index (κ2) is 8.03. The second-order valence-electron chi connectivity index (χ2n) is 6.61. The number of amides is 1. The first-order valence-electron chi connectivity index (χ1n) is 8.83. The highest BCUT2D eigenvalue weighted by Gasteiger charge is 2.34. The van der Waals surface area contributed by atoms with E-state index in [1.54, 1.807) is 30.0 Å². The Kier molecular flexibility index (Phi) is 5.78. The van der Waals surface area contributed by atoms with Gasteiger partial charge in [0.15, 0.2) is 11.5 Å². The lowest BCUT2D eigenvalue weighted by Gasteiger charge is -2.30. The molecule has 0 radical (unpaired) electrons. The largest absolute Gasteiger partial charge is 0.486 e. The number of ether oxygens (including phenoxy) is 2. The number of hydrogen-bond donors (Lipinski definition) is 3. The van der Waals surface area contributed by atoms with Gasteiger partial charge in [-0.1, -0.05) is 6.07 Å². The fraction of sp³-hybridized carbons (Fsp3) is 0.611. The molecule has 25 heavy (non-hydrogen) atoms. The highest BCUT2D eigenvalue weighted by Crippen LogP contribution is 2.33. The molecule has 0 spiro atoms. The van der Waals surface area contributed by atoms with E-state index < -0.39 is 12.1 Å². The number of benzene rings is 1. The number of carbonyl (C=O) groups is 1. The van der Waals surface area contributed by atoms with Gasteiger partial charge in [0.2, 0.25) is 5.91 Å². The Hall–Kier alpha value is -1.83. The van der Waals surface area contributed by atoms with Gasteiger partial charge >= 0.3 is 0 Å². The highest BCUT2D eigenvalue weighted by molar-refractivity contribution is 5.83. The van der Waals surface area contributed by atoms with Crippen LogP contribution in [0.15, 0.2) is 18.2 Å². The van der Waals surface area contributed by atoms with E-state index >= 15 is 0 Å². The number of fused-ring (bicyclic) bond motifs is 1. The number of carbonyl (C=O) groups excluding carboxylic acids is 1. The molecule has 3 rings (SSSR count). The highest BCUT2D eigenvalue weighted by atomic mass is 16.6. The van der Waals surface area contributed by atoms with Crippen LogP contribution >= 0.6 is 0 Å². The van der Waals surface area contributed by atoms with Crippen molar-refractivity contribution in [3.8, 4) is 11.5 Å². The topological polar surface area (TPSA) is 91.3 Å². The molecule has 2 aliphatic heterocycles. The maximum Gasteiger partial charge on any atom is 0.242 e. The quantitative estimate of drug-likeness (QED) is 0.690. The molecule has 7 nitrogen and oxygen atoms in total. The van der Waals surface area contributed by atoms with Crippen LogP contribution in [0.25, 0.3) is 0 Å². The number of nitrogens with one attached hydrogen (secondary N) is 1. The van der Waals surface area contributed by atoms with Crippen LogP contribution in [-0.4, -0.2) is 66.0 Å². The summed E-state index contributed by atoms with van der Waals surface area (Å²) in [5.74, 6) is 1.08. The van der Waals surface area contributed by atoms with E-state index in [4.69, 9.17) is 9.47 Å². The van der Waals surface area contributed by atoms with E-state index in [9.17, 15) is 15.0 Å². The lowest BCUT2D eigenvalue weighted by atomic mass is 9.99. The first kappa shape index (κ1) is 18.0. The molecule has 3 N–H and O–H groups in total. The molecule has 2 aliphatic rings. The van der Waals surface area contributed by atoms with Crippen LogP contribution in [-0.2, 0) is 4.79 Å². The van der Waals surface area contributed by atoms with Gasteiger partial charge in [-0.2, -0.15) is 0 Å². The molecule has 2 heterocycles. The molecule has 0 bridgehead atoms. The lowest BCUT2D eigenvalue weighted by Crippen LogP contribution is -2.52. The van der Waals surface area contributed by atoms with Crippen LogP contribution in [0.2, 0.25) is 0 Å². The smallest absolute Gasteiger partial charge is 0.242 e. The second-order valence-corrected chi connectivity index (χ2v) is 6.61. The molecule has 0 aliphatic carbocycles. The van der Waals surface area contributed by atoms with Crippen molar-refractivity contribution in [3.63, 3.8) is 0 Å². The van der Waals surface area contributed by atoms with Crippen molar-refractivity contribution in [1.29, 1.82) is 0 Å². The molecule has 1 saturated heterocycles. The van der Waals surface area contributed by atoms with E-state index in [1.165, 1.54) is 0 Å². The van der Waals surface area contributed by atoms with Crippen molar-refractivity contribution in [2.24, 2.45) is 0 Å². The average Bonchev–Trinajstić information content (AvgIpc) is 3.19. The van der Waals surface area contributed by atoms with Gasteiger partial charge in [0, 0.05) is 19.1 Å². The Morgan fingerprint density at radius 1 is 1.24 bits per heavy atom. The monoisotopic (exact) mass is 350 g/mol. The molecule has 1 unspecified atom stereocenters. The van der Waals surface area contributed by atoms with Crippen LogP contribution in [0.3, 0.4) is 0 Å².